The minimum Gasteiger partial charge on any atom is -0.497 e. The predicted molar refractivity (Wildman–Crippen MR) is 136 cm³/mol. The minimum atomic E-state index is -0.583. The van der Waals surface area contributed by atoms with Crippen LogP contribution >= 0.6 is 0 Å². The number of aryl methyl sites for hydroxylation is 1. The maximum absolute atomic E-state index is 12.7. The number of aromatic nitrogens is 1. The van der Waals surface area contributed by atoms with E-state index in [1.54, 1.807) is 14.0 Å². The molecule has 1 aliphatic carbocycles. The summed E-state index contributed by atoms with van der Waals surface area (Å²) in [5.41, 5.74) is 6.45. The number of nitrogens with one attached hydrogen (secondary N) is 1. The number of carbonyl (C=O) groups excluding carboxylic acids is 1. The molecular weight excluding hydrogens is 440 g/mol. The van der Waals surface area contributed by atoms with Crippen molar-refractivity contribution in [2.75, 3.05) is 12.4 Å². The van der Waals surface area contributed by atoms with Gasteiger partial charge in [-0.3, -0.25) is 5.32 Å². The Balaban J connectivity index is 1.29. The van der Waals surface area contributed by atoms with Gasteiger partial charge in [0.25, 0.3) is 0 Å². The summed E-state index contributed by atoms with van der Waals surface area (Å²) in [7, 11) is 1.60. The fourth-order valence-corrected chi connectivity index (χ4v) is 4.16. The van der Waals surface area contributed by atoms with Crippen molar-refractivity contribution < 1.29 is 18.8 Å². The zero-order valence-electron chi connectivity index (χ0n) is 20.1. The highest BCUT2D eigenvalue weighted by molar-refractivity contribution is 5.91. The molecule has 3 aromatic carbocycles. The van der Waals surface area contributed by atoms with Crippen LogP contribution in [0.5, 0.6) is 5.75 Å². The molecule has 0 unspecified atom stereocenters. The van der Waals surface area contributed by atoms with Gasteiger partial charge in [0.2, 0.25) is 0 Å². The monoisotopic (exact) mass is 468 g/mol. The second-order valence-corrected chi connectivity index (χ2v) is 8.89. The van der Waals surface area contributed by atoms with Gasteiger partial charge in [-0.2, -0.15) is 0 Å². The lowest BCUT2D eigenvalue weighted by Gasteiger charge is -2.15. The summed E-state index contributed by atoms with van der Waals surface area (Å²) < 4.78 is 16.2. The molecule has 5 rings (SSSR count). The SMILES string of the molecule is COc1cccc([C@@H](C)OC(=O)Nc2c(-c3ccc(-c4ccc(C5CC5)cc4)cc3)noc2C)c1. The molecule has 4 aromatic rings. The van der Waals surface area contributed by atoms with Gasteiger partial charge in [-0.05, 0) is 67.0 Å². The lowest BCUT2D eigenvalue weighted by atomic mass is 10.00. The third-order valence-electron chi connectivity index (χ3n) is 6.39. The largest absolute Gasteiger partial charge is 0.497 e. The Hall–Kier alpha value is -4.06. The van der Waals surface area contributed by atoms with Gasteiger partial charge >= 0.3 is 6.09 Å². The fraction of sp³-hybridized carbons (Fsp3) is 0.241. The first-order valence-corrected chi connectivity index (χ1v) is 11.8. The van der Waals surface area contributed by atoms with Crippen molar-refractivity contribution in [2.45, 2.75) is 38.7 Å². The van der Waals surface area contributed by atoms with Crippen LogP contribution in [-0.4, -0.2) is 18.4 Å². The molecule has 0 saturated heterocycles. The zero-order chi connectivity index (χ0) is 24.4. The Kier molecular flexibility index (Phi) is 6.27. The van der Waals surface area contributed by atoms with E-state index >= 15 is 0 Å². The minimum absolute atomic E-state index is 0.459. The Morgan fingerprint density at radius 3 is 2.31 bits per heavy atom. The van der Waals surface area contributed by atoms with Crippen LogP contribution in [0.2, 0.25) is 0 Å². The van der Waals surface area contributed by atoms with E-state index < -0.39 is 12.2 Å². The van der Waals surface area contributed by atoms with E-state index in [1.165, 1.54) is 24.0 Å². The van der Waals surface area contributed by atoms with E-state index in [2.05, 4.69) is 46.9 Å². The molecule has 35 heavy (non-hydrogen) atoms. The molecule has 6 nitrogen and oxygen atoms in total. The summed E-state index contributed by atoms with van der Waals surface area (Å²) in [5, 5.41) is 6.98. The summed E-state index contributed by atoms with van der Waals surface area (Å²) in [4.78, 5) is 12.7. The van der Waals surface area contributed by atoms with Crippen molar-refractivity contribution in [2.24, 2.45) is 0 Å². The van der Waals surface area contributed by atoms with Crippen LogP contribution in [0.4, 0.5) is 10.5 Å². The predicted octanol–water partition coefficient (Wildman–Crippen LogP) is 7.51. The van der Waals surface area contributed by atoms with Crippen LogP contribution in [-0.2, 0) is 4.74 Å². The molecule has 1 aromatic heterocycles. The van der Waals surface area contributed by atoms with Gasteiger partial charge < -0.3 is 14.0 Å². The Bertz CT molecular complexity index is 1320. The quantitative estimate of drug-likeness (QED) is 0.304. The fourth-order valence-electron chi connectivity index (χ4n) is 4.16. The highest BCUT2D eigenvalue weighted by Crippen LogP contribution is 2.40. The molecule has 1 heterocycles. The first-order chi connectivity index (χ1) is 17.0. The second kappa shape index (κ2) is 9.66. The molecule has 178 valence electrons. The number of nitrogens with zero attached hydrogens (tertiary/aromatic N) is 1. The average molecular weight is 469 g/mol. The standard InChI is InChI=1S/C29H28N2O4/c1-18(25-5-4-6-26(17-25)33-3)34-29(32)30-27-19(2)35-31-28(27)24-15-13-23(14-16-24)22-11-9-21(10-12-22)20-7-8-20/h4-6,9-18,20H,7-8H2,1-3H3,(H,30,32)/t18-/m1/s1. The maximum Gasteiger partial charge on any atom is 0.412 e. The van der Waals surface area contributed by atoms with Gasteiger partial charge in [0, 0.05) is 5.56 Å². The Morgan fingerprint density at radius 1 is 1.00 bits per heavy atom. The van der Waals surface area contributed by atoms with E-state index in [0.29, 0.717) is 22.9 Å². The number of benzene rings is 3. The molecule has 1 N–H and O–H groups in total. The van der Waals surface area contributed by atoms with Crippen LogP contribution in [0, 0.1) is 6.92 Å². The van der Waals surface area contributed by atoms with Crippen LogP contribution in [0.1, 0.15) is 48.7 Å². The summed E-state index contributed by atoms with van der Waals surface area (Å²) in [6.45, 7) is 3.57. The maximum atomic E-state index is 12.7. The van der Waals surface area contributed by atoms with Crippen molar-refractivity contribution >= 4 is 11.8 Å². The molecule has 6 heteroatoms. The van der Waals surface area contributed by atoms with Crippen LogP contribution in [0.3, 0.4) is 0 Å². The highest BCUT2D eigenvalue weighted by atomic mass is 16.6. The van der Waals surface area contributed by atoms with Crippen molar-refractivity contribution in [1.82, 2.24) is 5.16 Å². The third kappa shape index (κ3) is 5.06. The van der Waals surface area contributed by atoms with Crippen LogP contribution in [0.25, 0.3) is 22.4 Å². The molecule has 0 radical (unpaired) electrons. The number of methoxy groups -OCH3 is 1. The summed E-state index contributed by atoms with van der Waals surface area (Å²) in [6, 6.07) is 24.3. The van der Waals surface area contributed by atoms with Gasteiger partial charge in [0.15, 0.2) is 5.76 Å². The molecule has 1 saturated carbocycles. The zero-order valence-corrected chi connectivity index (χ0v) is 20.1. The second-order valence-electron chi connectivity index (χ2n) is 8.89. The van der Waals surface area contributed by atoms with Crippen LogP contribution in [0.15, 0.2) is 77.3 Å². The van der Waals surface area contributed by atoms with Gasteiger partial charge in [0.1, 0.15) is 23.2 Å². The smallest absolute Gasteiger partial charge is 0.412 e. The first-order valence-electron chi connectivity index (χ1n) is 11.8. The summed E-state index contributed by atoms with van der Waals surface area (Å²) >= 11 is 0. The normalized spacial score (nSPS) is 13.8. The molecule has 1 amide bonds. The number of ether oxygens (including phenoxy) is 2. The molecular formula is C29H28N2O4. The summed E-state index contributed by atoms with van der Waals surface area (Å²) in [6.07, 6.45) is 1.56. The third-order valence-corrected chi connectivity index (χ3v) is 6.39. The number of amides is 1. The Morgan fingerprint density at radius 2 is 1.66 bits per heavy atom. The van der Waals surface area contributed by atoms with Gasteiger partial charge in [-0.1, -0.05) is 65.8 Å². The summed E-state index contributed by atoms with van der Waals surface area (Å²) in [5.74, 6) is 1.96. The van der Waals surface area contributed by atoms with E-state index in [4.69, 9.17) is 14.0 Å². The number of hydrogen-bond acceptors (Lipinski definition) is 5. The number of carbonyl (C=O) groups is 1. The van der Waals surface area contributed by atoms with Crippen molar-refractivity contribution in [3.63, 3.8) is 0 Å². The van der Waals surface area contributed by atoms with E-state index in [-0.39, 0.29) is 0 Å². The highest BCUT2D eigenvalue weighted by Gasteiger charge is 2.23. The van der Waals surface area contributed by atoms with E-state index in [0.717, 1.165) is 22.6 Å². The van der Waals surface area contributed by atoms with Gasteiger partial charge in [0.05, 0.1) is 7.11 Å². The molecule has 0 bridgehead atoms. The molecule has 0 aliphatic heterocycles. The lowest BCUT2D eigenvalue weighted by Crippen LogP contribution is -2.16. The molecule has 1 aliphatic rings. The van der Waals surface area contributed by atoms with Gasteiger partial charge in [-0.15, -0.1) is 0 Å². The van der Waals surface area contributed by atoms with Crippen molar-refractivity contribution in [3.8, 4) is 28.1 Å². The van der Waals surface area contributed by atoms with Crippen molar-refractivity contribution in [1.29, 1.82) is 0 Å². The Labute approximate surface area is 204 Å². The topological polar surface area (TPSA) is 73.6 Å². The average Bonchev–Trinajstić information content (AvgIpc) is 3.68. The van der Waals surface area contributed by atoms with Crippen LogP contribution < -0.4 is 10.1 Å². The van der Waals surface area contributed by atoms with Gasteiger partial charge in [-0.25, -0.2) is 4.79 Å². The molecule has 1 atom stereocenters. The number of rotatable bonds is 7. The van der Waals surface area contributed by atoms with E-state index in [1.807, 2.05) is 43.3 Å². The van der Waals surface area contributed by atoms with Crippen molar-refractivity contribution in [3.05, 3.63) is 89.7 Å². The first kappa shape index (κ1) is 22.7. The lowest BCUT2D eigenvalue weighted by molar-refractivity contribution is 0.121. The molecule has 0 spiro atoms. The molecule has 1 fully saturated rings. The van der Waals surface area contributed by atoms with E-state index in [9.17, 15) is 4.79 Å². The number of hydrogen-bond donors (Lipinski definition) is 1. The number of anilines is 1.